The number of nitrogens with one attached hydrogen (secondary N) is 1. The number of hydrogen-bond donors (Lipinski definition) is 1. The maximum absolute atomic E-state index is 12.8. The van der Waals surface area contributed by atoms with E-state index >= 15 is 0 Å². The average Bonchev–Trinajstić information content (AvgIpc) is 2.89. The normalized spacial score (nSPS) is 35.4. The van der Waals surface area contributed by atoms with Crippen molar-refractivity contribution in [2.75, 3.05) is 7.05 Å². The molecule has 4 saturated carbocycles. The molecule has 5 rings (SSSR count). The maximum Gasteiger partial charge on any atom is 0.237 e. The van der Waals surface area contributed by atoms with Gasteiger partial charge in [0, 0.05) is 12.5 Å². The maximum atomic E-state index is 12.8. The predicted octanol–water partition coefficient (Wildman–Crippen LogP) is 2.28. The summed E-state index contributed by atoms with van der Waals surface area (Å²) >= 11 is 0. The highest BCUT2D eigenvalue weighted by Gasteiger charge is 2.51. The van der Waals surface area contributed by atoms with Crippen LogP contribution >= 0.6 is 0 Å². The van der Waals surface area contributed by atoms with Gasteiger partial charge in [-0.05, 0) is 70.3 Å². The number of hydrogen-bond acceptors (Lipinski definition) is 5. The Hall–Kier alpha value is -1.43. The molecule has 0 unspecified atom stereocenters. The average molecular weight is 332 g/mol. The molecule has 1 heterocycles. The van der Waals surface area contributed by atoms with E-state index in [4.69, 9.17) is 4.52 Å². The van der Waals surface area contributed by atoms with Gasteiger partial charge in [0.05, 0.1) is 12.6 Å². The van der Waals surface area contributed by atoms with Crippen molar-refractivity contribution in [3.05, 3.63) is 11.7 Å². The second-order valence-corrected chi connectivity index (χ2v) is 8.51. The first-order valence-electron chi connectivity index (χ1n) is 9.24. The van der Waals surface area contributed by atoms with Crippen LogP contribution in [0.3, 0.4) is 0 Å². The summed E-state index contributed by atoms with van der Waals surface area (Å²) in [4.78, 5) is 19.1. The fraction of sp³-hybridized carbons (Fsp3) is 0.833. The third-order valence-electron chi connectivity index (χ3n) is 6.43. The van der Waals surface area contributed by atoms with Gasteiger partial charge >= 0.3 is 0 Å². The Balaban J connectivity index is 1.38. The van der Waals surface area contributed by atoms with Crippen LogP contribution in [0.25, 0.3) is 0 Å². The van der Waals surface area contributed by atoms with Gasteiger partial charge in [-0.15, -0.1) is 0 Å². The summed E-state index contributed by atoms with van der Waals surface area (Å²) in [7, 11) is 1.94. The van der Waals surface area contributed by atoms with E-state index in [2.05, 4.69) is 15.5 Å². The molecule has 4 bridgehead atoms. The zero-order valence-corrected chi connectivity index (χ0v) is 14.9. The third kappa shape index (κ3) is 2.96. The summed E-state index contributed by atoms with van der Waals surface area (Å²) in [6.45, 7) is 4.26. The first-order valence-corrected chi connectivity index (χ1v) is 9.24. The van der Waals surface area contributed by atoms with Crippen molar-refractivity contribution < 1.29 is 9.32 Å². The topological polar surface area (TPSA) is 71.3 Å². The lowest BCUT2D eigenvalue weighted by molar-refractivity contribution is -0.131. The molecule has 0 spiro atoms. The molecule has 4 fully saturated rings. The lowest BCUT2D eigenvalue weighted by Gasteiger charge is -2.57. The molecule has 0 saturated heterocycles. The number of carbonyl (C=O) groups excluding carboxylic acids is 1. The summed E-state index contributed by atoms with van der Waals surface area (Å²) in [5, 5.41) is 7.37. The third-order valence-corrected chi connectivity index (χ3v) is 6.43. The minimum absolute atomic E-state index is 0.0731. The Morgan fingerprint density at radius 2 is 1.88 bits per heavy atom. The Morgan fingerprint density at radius 1 is 1.29 bits per heavy atom. The highest BCUT2D eigenvalue weighted by atomic mass is 16.5. The zero-order valence-electron chi connectivity index (χ0n) is 14.9. The molecule has 0 aliphatic heterocycles. The number of aromatic nitrogens is 2. The predicted molar refractivity (Wildman–Crippen MR) is 89.0 cm³/mol. The molecule has 1 aromatic rings. The highest BCUT2D eigenvalue weighted by Crippen LogP contribution is 2.55. The van der Waals surface area contributed by atoms with Gasteiger partial charge in [0.2, 0.25) is 11.8 Å². The Labute approximate surface area is 143 Å². The molecule has 0 aromatic carbocycles. The summed E-state index contributed by atoms with van der Waals surface area (Å²) in [6, 6.07) is -0.197. The Kier molecular flexibility index (Phi) is 3.90. The van der Waals surface area contributed by atoms with Crippen molar-refractivity contribution in [1.29, 1.82) is 0 Å². The summed E-state index contributed by atoms with van der Waals surface area (Å²) < 4.78 is 5.01. The molecule has 0 radical (unpaired) electrons. The molecule has 24 heavy (non-hydrogen) atoms. The lowest BCUT2D eigenvalue weighted by atomic mass is 9.53. The molecule has 6 heteroatoms. The van der Waals surface area contributed by atoms with E-state index in [1.165, 1.54) is 38.5 Å². The van der Waals surface area contributed by atoms with Gasteiger partial charge in [-0.3, -0.25) is 9.69 Å². The van der Waals surface area contributed by atoms with Crippen LogP contribution in [0.4, 0.5) is 0 Å². The molecule has 132 valence electrons. The van der Waals surface area contributed by atoms with Gasteiger partial charge in [-0.1, -0.05) is 5.16 Å². The number of rotatable bonds is 5. The highest BCUT2D eigenvalue weighted by molar-refractivity contribution is 5.82. The SMILES string of the molecule is Cc1nc(CN(C)[C@H](C)C(=O)NC23CC4CC(CC(C4)C2)C3)no1. The van der Waals surface area contributed by atoms with E-state index in [0.29, 0.717) is 18.3 Å². The van der Waals surface area contributed by atoms with E-state index in [1.807, 2.05) is 18.9 Å². The standard InChI is InChI=1S/C18H28N4O2/c1-11(22(3)10-16-19-12(2)24-21-16)17(23)20-18-7-13-4-14(8-18)6-15(5-13)9-18/h11,13-15H,4-10H2,1-3H3,(H,20,23)/t11-,13?,14?,15?,18?/m1/s1. The van der Waals surface area contributed by atoms with Gasteiger partial charge in [0.25, 0.3) is 0 Å². The molecule has 4 aliphatic rings. The van der Waals surface area contributed by atoms with Crippen LogP contribution < -0.4 is 5.32 Å². The first-order chi connectivity index (χ1) is 11.4. The molecule has 1 atom stereocenters. The summed E-state index contributed by atoms with van der Waals surface area (Å²) in [5.74, 6) is 3.85. The van der Waals surface area contributed by atoms with Gasteiger partial charge in [-0.25, -0.2) is 0 Å². The smallest absolute Gasteiger partial charge is 0.237 e. The van der Waals surface area contributed by atoms with E-state index in [1.54, 1.807) is 6.92 Å². The largest absolute Gasteiger partial charge is 0.349 e. The monoisotopic (exact) mass is 332 g/mol. The molecule has 1 aromatic heterocycles. The van der Waals surface area contributed by atoms with E-state index < -0.39 is 0 Å². The second-order valence-electron chi connectivity index (χ2n) is 8.51. The fourth-order valence-corrected chi connectivity index (χ4v) is 5.60. The lowest BCUT2D eigenvalue weighted by Crippen LogP contribution is -2.62. The van der Waals surface area contributed by atoms with Crippen LogP contribution in [0.5, 0.6) is 0 Å². The van der Waals surface area contributed by atoms with Crippen molar-refractivity contribution in [2.24, 2.45) is 17.8 Å². The number of amides is 1. The van der Waals surface area contributed by atoms with Crippen LogP contribution in [0.15, 0.2) is 4.52 Å². The van der Waals surface area contributed by atoms with Crippen molar-refractivity contribution in [3.8, 4) is 0 Å². The van der Waals surface area contributed by atoms with Crippen LogP contribution in [0, 0.1) is 24.7 Å². The Bertz CT molecular complexity index is 591. The zero-order chi connectivity index (χ0) is 16.9. The van der Waals surface area contributed by atoms with Crippen molar-refractivity contribution in [3.63, 3.8) is 0 Å². The molecule has 1 amide bonds. The van der Waals surface area contributed by atoms with Gasteiger partial charge in [0.1, 0.15) is 0 Å². The van der Waals surface area contributed by atoms with Crippen molar-refractivity contribution in [1.82, 2.24) is 20.4 Å². The van der Waals surface area contributed by atoms with Crippen molar-refractivity contribution >= 4 is 5.91 Å². The number of aryl methyl sites for hydroxylation is 1. The quantitative estimate of drug-likeness (QED) is 0.896. The van der Waals surface area contributed by atoms with Crippen LogP contribution in [-0.2, 0) is 11.3 Å². The molecule has 1 N–H and O–H groups in total. The molecular formula is C18H28N4O2. The van der Waals surface area contributed by atoms with E-state index in [9.17, 15) is 4.79 Å². The fourth-order valence-electron chi connectivity index (χ4n) is 5.60. The van der Waals surface area contributed by atoms with Gasteiger partial charge in [-0.2, -0.15) is 4.98 Å². The Morgan fingerprint density at radius 3 is 2.38 bits per heavy atom. The summed E-state index contributed by atoms with van der Waals surface area (Å²) in [6.07, 6.45) is 7.73. The van der Waals surface area contributed by atoms with Crippen molar-refractivity contribution in [2.45, 2.75) is 70.5 Å². The minimum Gasteiger partial charge on any atom is -0.349 e. The van der Waals surface area contributed by atoms with E-state index in [0.717, 1.165) is 17.8 Å². The number of likely N-dealkylation sites (N-methyl/N-ethyl adjacent to an activating group) is 1. The van der Waals surface area contributed by atoms with Crippen LogP contribution in [-0.4, -0.2) is 39.6 Å². The van der Waals surface area contributed by atoms with Gasteiger partial charge < -0.3 is 9.84 Å². The van der Waals surface area contributed by atoms with Crippen LogP contribution in [0.1, 0.15) is 57.2 Å². The minimum atomic E-state index is -0.197. The van der Waals surface area contributed by atoms with Gasteiger partial charge in [0.15, 0.2) is 5.82 Å². The first kappa shape index (κ1) is 16.1. The molecule has 6 nitrogen and oxygen atoms in total. The number of carbonyl (C=O) groups is 1. The second kappa shape index (κ2) is 5.83. The summed E-state index contributed by atoms with van der Waals surface area (Å²) in [5.41, 5.74) is 0.0731. The molecular weight excluding hydrogens is 304 g/mol. The van der Waals surface area contributed by atoms with Crippen LogP contribution in [0.2, 0.25) is 0 Å². The van der Waals surface area contributed by atoms with E-state index in [-0.39, 0.29) is 17.5 Å². The number of nitrogens with zero attached hydrogens (tertiary/aromatic N) is 3. The molecule has 4 aliphatic carbocycles.